The van der Waals surface area contributed by atoms with Gasteiger partial charge < -0.3 is 14.6 Å². The predicted molar refractivity (Wildman–Crippen MR) is 85.4 cm³/mol. The van der Waals surface area contributed by atoms with Crippen molar-refractivity contribution in [3.05, 3.63) is 60.4 Å². The van der Waals surface area contributed by atoms with Crippen molar-refractivity contribution in [3.63, 3.8) is 0 Å². The summed E-state index contributed by atoms with van der Waals surface area (Å²) >= 11 is 0. The lowest BCUT2D eigenvalue weighted by atomic mass is 10.3. The lowest BCUT2D eigenvalue weighted by Crippen LogP contribution is -2.23. The van der Waals surface area contributed by atoms with Crippen molar-refractivity contribution in [1.29, 1.82) is 0 Å². The zero-order valence-corrected chi connectivity index (χ0v) is 12.1. The van der Waals surface area contributed by atoms with Crippen LogP contribution in [-0.2, 0) is 13.2 Å². The number of fused-ring (bicyclic) bond motifs is 1. The molecule has 0 atom stereocenters. The largest absolute Gasteiger partial charge is 0.388 e. The summed E-state index contributed by atoms with van der Waals surface area (Å²) in [7, 11) is 2.08. The Morgan fingerprint density at radius 1 is 1.05 bits per heavy atom. The van der Waals surface area contributed by atoms with E-state index in [1.165, 1.54) is 5.69 Å². The van der Waals surface area contributed by atoms with Crippen LogP contribution in [0, 0.1) is 0 Å². The van der Waals surface area contributed by atoms with E-state index in [4.69, 9.17) is 0 Å². The third kappa shape index (κ3) is 2.76. The molecule has 0 aliphatic carbocycles. The first-order valence-corrected chi connectivity index (χ1v) is 7.11. The molecule has 3 aromatic rings. The first-order valence-electron chi connectivity index (χ1n) is 7.11. The van der Waals surface area contributed by atoms with E-state index in [0.717, 1.165) is 29.9 Å². The number of para-hydroxylation sites is 3. The van der Waals surface area contributed by atoms with Gasteiger partial charge in [-0.05, 0) is 24.3 Å². The number of nitrogens with zero attached hydrogens (tertiary/aromatic N) is 3. The molecule has 0 aliphatic heterocycles. The van der Waals surface area contributed by atoms with Gasteiger partial charge in [0.15, 0.2) is 0 Å². The van der Waals surface area contributed by atoms with Gasteiger partial charge in [0.1, 0.15) is 12.4 Å². The number of hydrogen-bond acceptors (Lipinski definition) is 3. The third-order valence-electron chi connectivity index (χ3n) is 3.73. The molecule has 0 aliphatic rings. The average molecular weight is 281 g/mol. The van der Waals surface area contributed by atoms with Crippen molar-refractivity contribution >= 4 is 16.7 Å². The standard InChI is InChI=1S/C17H19N3O/c1-19(14-7-3-2-4-8-14)11-12-20-16-10-6-5-9-15(16)18-17(20)13-21/h2-10,21H,11-13H2,1H3. The Balaban J connectivity index is 1.82. The van der Waals surface area contributed by atoms with Gasteiger partial charge in [-0.15, -0.1) is 0 Å². The molecule has 0 fully saturated rings. The number of aliphatic hydroxyl groups excluding tert-OH is 1. The van der Waals surface area contributed by atoms with Crippen LogP contribution in [0.3, 0.4) is 0 Å². The van der Waals surface area contributed by atoms with Crippen LogP contribution in [0.1, 0.15) is 5.82 Å². The Morgan fingerprint density at radius 2 is 1.76 bits per heavy atom. The number of benzene rings is 2. The van der Waals surface area contributed by atoms with Crippen molar-refractivity contribution in [2.75, 3.05) is 18.5 Å². The number of likely N-dealkylation sites (N-methyl/N-ethyl adjacent to an activating group) is 1. The SMILES string of the molecule is CN(CCn1c(CO)nc2ccccc21)c1ccccc1. The first kappa shape index (κ1) is 13.6. The molecule has 21 heavy (non-hydrogen) atoms. The van der Waals surface area contributed by atoms with Crippen molar-refractivity contribution < 1.29 is 5.11 Å². The molecule has 108 valence electrons. The summed E-state index contributed by atoms with van der Waals surface area (Å²) in [6.45, 7) is 1.61. The summed E-state index contributed by atoms with van der Waals surface area (Å²) < 4.78 is 2.09. The molecule has 3 rings (SSSR count). The average Bonchev–Trinajstić information content (AvgIpc) is 2.91. The third-order valence-corrected chi connectivity index (χ3v) is 3.73. The van der Waals surface area contributed by atoms with Crippen molar-refractivity contribution in [2.24, 2.45) is 0 Å². The fraction of sp³-hybridized carbons (Fsp3) is 0.235. The van der Waals surface area contributed by atoms with Crippen LogP contribution < -0.4 is 4.90 Å². The maximum absolute atomic E-state index is 9.50. The second kappa shape index (κ2) is 5.97. The maximum atomic E-state index is 9.50. The molecule has 4 heteroatoms. The Morgan fingerprint density at radius 3 is 2.52 bits per heavy atom. The van der Waals surface area contributed by atoms with E-state index in [9.17, 15) is 5.11 Å². The maximum Gasteiger partial charge on any atom is 0.135 e. The zero-order chi connectivity index (χ0) is 14.7. The van der Waals surface area contributed by atoms with Crippen LogP contribution in [0.4, 0.5) is 5.69 Å². The fourth-order valence-electron chi connectivity index (χ4n) is 2.56. The number of aliphatic hydroxyl groups is 1. The first-order chi connectivity index (χ1) is 10.3. The summed E-state index contributed by atoms with van der Waals surface area (Å²) in [5.41, 5.74) is 3.19. The summed E-state index contributed by atoms with van der Waals surface area (Å²) in [6, 6.07) is 18.3. The van der Waals surface area contributed by atoms with Gasteiger partial charge >= 0.3 is 0 Å². The number of hydrogen-bond donors (Lipinski definition) is 1. The Kier molecular flexibility index (Phi) is 3.88. The minimum absolute atomic E-state index is 0.0380. The minimum atomic E-state index is -0.0380. The quantitative estimate of drug-likeness (QED) is 0.781. The zero-order valence-electron chi connectivity index (χ0n) is 12.1. The Labute approximate surface area is 124 Å². The van der Waals surface area contributed by atoms with E-state index in [2.05, 4.69) is 33.6 Å². The van der Waals surface area contributed by atoms with Crippen LogP contribution in [0.2, 0.25) is 0 Å². The number of anilines is 1. The van der Waals surface area contributed by atoms with Gasteiger partial charge in [0.25, 0.3) is 0 Å². The summed E-state index contributed by atoms with van der Waals surface area (Å²) in [5, 5.41) is 9.50. The Hall–Kier alpha value is -2.33. The van der Waals surface area contributed by atoms with Gasteiger partial charge in [0, 0.05) is 25.8 Å². The molecule has 1 N–H and O–H groups in total. The molecule has 0 radical (unpaired) electrons. The molecule has 2 aromatic carbocycles. The summed E-state index contributed by atoms with van der Waals surface area (Å²) in [4.78, 5) is 6.68. The van der Waals surface area contributed by atoms with Crippen molar-refractivity contribution in [2.45, 2.75) is 13.2 Å². The predicted octanol–water partition coefficient (Wildman–Crippen LogP) is 2.67. The van der Waals surface area contributed by atoms with Crippen molar-refractivity contribution in [3.8, 4) is 0 Å². The molecule has 0 spiro atoms. The normalized spacial score (nSPS) is 11.0. The highest BCUT2D eigenvalue weighted by Gasteiger charge is 2.10. The van der Waals surface area contributed by atoms with Gasteiger partial charge in [0.2, 0.25) is 0 Å². The highest BCUT2D eigenvalue weighted by atomic mass is 16.3. The summed E-state index contributed by atoms with van der Waals surface area (Å²) in [5.74, 6) is 0.720. The molecule has 4 nitrogen and oxygen atoms in total. The van der Waals surface area contributed by atoms with E-state index in [1.807, 2.05) is 42.5 Å². The molecular formula is C17H19N3O. The molecule has 1 heterocycles. The molecule has 0 bridgehead atoms. The molecule has 0 saturated carbocycles. The van der Waals surface area contributed by atoms with Crippen LogP contribution >= 0.6 is 0 Å². The molecule has 1 aromatic heterocycles. The van der Waals surface area contributed by atoms with E-state index >= 15 is 0 Å². The number of aromatic nitrogens is 2. The molecule has 0 unspecified atom stereocenters. The van der Waals surface area contributed by atoms with Crippen LogP contribution in [0.5, 0.6) is 0 Å². The van der Waals surface area contributed by atoms with Gasteiger partial charge in [-0.25, -0.2) is 4.98 Å². The molecular weight excluding hydrogens is 262 g/mol. The highest BCUT2D eigenvalue weighted by molar-refractivity contribution is 5.75. The minimum Gasteiger partial charge on any atom is -0.388 e. The second-order valence-electron chi connectivity index (χ2n) is 5.08. The monoisotopic (exact) mass is 281 g/mol. The van der Waals surface area contributed by atoms with E-state index in [-0.39, 0.29) is 6.61 Å². The van der Waals surface area contributed by atoms with Gasteiger partial charge in [-0.1, -0.05) is 30.3 Å². The molecule has 0 amide bonds. The highest BCUT2D eigenvalue weighted by Crippen LogP contribution is 2.17. The topological polar surface area (TPSA) is 41.3 Å². The lowest BCUT2D eigenvalue weighted by Gasteiger charge is -2.20. The van der Waals surface area contributed by atoms with E-state index < -0.39 is 0 Å². The Bertz CT molecular complexity index is 721. The number of rotatable bonds is 5. The van der Waals surface area contributed by atoms with Crippen LogP contribution in [0.15, 0.2) is 54.6 Å². The van der Waals surface area contributed by atoms with Gasteiger partial charge in [-0.3, -0.25) is 0 Å². The number of imidazole rings is 1. The van der Waals surface area contributed by atoms with Crippen LogP contribution in [0.25, 0.3) is 11.0 Å². The van der Waals surface area contributed by atoms with E-state index in [0.29, 0.717) is 0 Å². The van der Waals surface area contributed by atoms with Gasteiger partial charge in [-0.2, -0.15) is 0 Å². The fourth-order valence-corrected chi connectivity index (χ4v) is 2.56. The van der Waals surface area contributed by atoms with Gasteiger partial charge in [0.05, 0.1) is 11.0 Å². The summed E-state index contributed by atoms with van der Waals surface area (Å²) in [6.07, 6.45) is 0. The van der Waals surface area contributed by atoms with Crippen molar-refractivity contribution in [1.82, 2.24) is 9.55 Å². The molecule has 0 saturated heterocycles. The van der Waals surface area contributed by atoms with Crippen LogP contribution in [-0.4, -0.2) is 28.3 Å². The smallest absolute Gasteiger partial charge is 0.135 e. The van der Waals surface area contributed by atoms with E-state index in [1.54, 1.807) is 0 Å². The lowest BCUT2D eigenvalue weighted by molar-refractivity contribution is 0.266. The second-order valence-corrected chi connectivity index (χ2v) is 5.08.